The second-order valence-corrected chi connectivity index (χ2v) is 33.3. The zero-order valence-corrected chi connectivity index (χ0v) is 73.6. The minimum Gasteiger partial charge on any atom is -0.463 e. The molecule has 652 valence electrons. The predicted molar refractivity (Wildman–Crippen MR) is 473 cm³/mol. The van der Waals surface area contributed by atoms with Gasteiger partial charge in [0.05, 0.1) is 26.4 Å². The summed E-state index contributed by atoms with van der Waals surface area (Å²) < 4.78 is 61.4. The highest BCUT2D eigenvalue weighted by molar-refractivity contribution is 7.47. The highest BCUT2D eigenvalue weighted by Crippen LogP contribution is 2.45. The number of ether oxygens (including phenoxy) is 3. The summed E-state index contributed by atoms with van der Waals surface area (Å²) in [7, 11) is -9.80. The minimum absolute atomic E-state index is 0.0950. The number of unbranched alkanes of at least 4 members (excludes halogenated alkanes) is 41. The third-order valence-corrected chi connectivity index (χ3v) is 21.2. The van der Waals surface area contributed by atoms with Crippen molar-refractivity contribution in [3.8, 4) is 0 Å². The fourth-order valence-corrected chi connectivity index (χ4v) is 14.0. The summed E-state index contributed by atoms with van der Waals surface area (Å²) in [6.45, 7) is 2.58. The van der Waals surface area contributed by atoms with Gasteiger partial charge in [-0.05, 0) is 141 Å². The highest BCUT2D eigenvalue weighted by Gasteiger charge is 2.29. The lowest BCUT2D eigenvalue weighted by molar-refractivity contribution is -0.161. The average molecular weight is 1630 g/mol. The molecule has 0 fully saturated rings. The molecule has 5 atom stereocenters. The molecule has 5 unspecified atom stereocenters. The predicted octanol–water partition coefficient (Wildman–Crippen LogP) is 27.8. The fraction of sp³-hybridized carbons (Fsp3) is 0.737. The maximum Gasteiger partial charge on any atom is 0.472 e. The maximum absolute atomic E-state index is 13.0. The van der Waals surface area contributed by atoms with Crippen molar-refractivity contribution in [2.24, 2.45) is 0 Å². The van der Waals surface area contributed by atoms with E-state index in [1.165, 1.54) is 186 Å². The van der Waals surface area contributed by atoms with Crippen LogP contribution < -0.4 is 0 Å². The summed E-state index contributed by atoms with van der Waals surface area (Å²) in [5.41, 5.74) is 0. The van der Waals surface area contributed by atoms with Gasteiger partial charge in [-0.1, -0.05) is 366 Å². The second-order valence-electron chi connectivity index (χ2n) is 30.4. The van der Waals surface area contributed by atoms with E-state index < -0.39 is 91.5 Å². The summed E-state index contributed by atoms with van der Waals surface area (Å²) in [6, 6.07) is 0. The van der Waals surface area contributed by atoms with Gasteiger partial charge < -0.3 is 34.2 Å². The first kappa shape index (κ1) is 109. The van der Waals surface area contributed by atoms with E-state index in [9.17, 15) is 43.5 Å². The van der Waals surface area contributed by atoms with Crippen LogP contribution in [0.1, 0.15) is 393 Å². The van der Waals surface area contributed by atoms with E-state index in [0.29, 0.717) is 19.3 Å². The van der Waals surface area contributed by atoms with E-state index in [-0.39, 0.29) is 19.3 Å². The number of esters is 3. The molecular formula is C95H166O16P2. The first-order valence-corrected chi connectivity index (χ1v) is 48.5. The molecule has 0 spiro atoms. The number of phosphoric ester groups is 2. The molecule has 18 heteroatoms. The third kappa shape index (κ3) is 88.3. The van der Waals surface area contributed by atoms with Crippen LogP contribution in [0.25, 0.3) is 0 Å². The standard InChI is InChI=1S/C95H166O16P2/c1-4-7-10-13-16-19-22-25-28-30-32-34-36-38-40-42-43-44-45-47-49-50-52-54-56-58-61-63-66-69-72-75-78-81-93(98)105-84-90(96)85-107-112(101,102)108-86-91(97)87-109-113(103,104)110-89-92(111-95(100)83-80-77-74-71-68-65-60-27-24-21-18-15-12-9-6-3)88-106-94(99)82-79-76-73-70-67-64-62-59-57-55-53-51-48-46-41-39-37-35-33-31-29-26-23-20-17-14-11-8-5-2/h7,10,16-17,19-20,25-29,32-35,38-41,43-44,60,90-92,96-97H,4-6,8-9,11-15,18,21-24,30-31,36-37,42,45-59,61-89H2,1-3H3,(H,101,102)(H,103,104)/b10-7-,19-16-,20-17-,28-25-,29-26-,34-32-,35-33-,40-38-,41-39-,44-43-,60-27-. The van der Waals surface area contributed by atoms with Crippen molar-refractivity contribution in [1.29, 1.82) is 0 Å². The molecule has 0 saturated heterocycles. The number of carbonyl (C=O) groups excluding carboxylic acids is 3. The van der Waals surface area contributed by atoms with Gasteiger partial charge in [0.25, 0.3) is 0 Å². The van der Waals surface area contributed by atoms with Gasteiger partial charge in [-0.2, -0.15) is 0 Å². The number of hydrogen-bond acceptors (Lipinski definition) is 14. The van der Waals surface area contributed by atoms with Gasteiger partial charge in [-0.25, -0.2) is 9.13 Å². The summed E-state index contributed by atoms with van der Waals surface area (Å²) >= 11 is 0. The zero-order valence-electron chi connectivity index (χ0n) is 71.8. The summed E-state index contributed by atoms with van der Waals surface area (Å²) in [6.07, 6.45) is 108. The first-order chi connectivity index (χ1) is 55.2. The van der Waals surface area contributed by atoms with Gasteiger partial charge in [-0.15, -0.1) is 0 Å². The molecule has 0 aliphatic rings. The lowest BCUT2D eigenvalue weighted by atomic mass is 10.0. The van der Waals surface area contributed by atoms with Crippen LogP contribution in [0.3, 0.4) is 0 Å². The smallest absolute Gasteiger partial charge is 0.463 e. The van der Waals surface area contributed by atoms with Gasteiger partial charge in [0.1, 0.15) is 25.4 Å². The lowest BCUT2D eigenvalue weighted by Crippen LogP contribution is -2.30. The molecule has 0 rings (SSSR count). The molecule has 0 aromatic heterocycles. The van der Waals surface area contributed by atoms with Gasteiger partial charge in [0, 0.05) is 19.3 Å². The van der Waals surface area contributed by atoms with Crippen molar-refractivity contribution in [3.63, 3.8) is 0 Å². The van der Waals surface area contributed by atoms with E-state index in [2.05, 4.69) is 154 Å². The van der Waals surface area contributed by atoms with Crippen molar-refractivity contribution in [1.82, 2.24) is 0 Å². The van der Waals surface area contributed by atoms with Gasteiger partial charge in [-0.3, -0.25) is 32.5 Å². The third-order valence-electron chi connectivity index (χ3n) is 19.3. The Hall–Kier alpha value is -4.31. The van der Waals surface area contributed by atoms with Gasteiger partial charge in [0.15, 0.2) is 6.10 Å². The summed E-state index contributed by atoms with van der Waals surface area (Å²) in [5.74, 6) is -1.57. The number of carbonyl (C=O) groups is 3. The molecule has 0 heterocycles. The van der Waals surface area contributed by atoms with Crippen molar-refractivity contribution in [3.05, 3.63) is 134 Å². The first-order valence-electron chi connectivity index (χ1n) is 45.5. The van der Waals surface area contributed by atoms with Crippen LogP contribution in [0, 0.1) is 0 Å². The van der Waals surface area contributed by atoms with Crippen LogP contribution in [0.2, 0.25) is 0 Å². The molecular weight excluding hydrogens is 1460 g/mol. The van der Waals surface area contributed by atoms with Gasteiger partial charge in [0.2, 0.25) is 0 Å². The second kappa shape index (κ2) is 87.0. The molecule has 4 N–H and O–H groups in total. The summed E-state index contributed by atoms with van der Waals surface area (Å²) in [4.78, 5) is 58.9. The number of hydrogen-bond donors (Lipinski definition) is 4. The van der Waals surface area contributed by atoms with E-state index >= 15 is 0 Å². The Bertz CT molecular complexity index is 2580. The van der Waals surface area contributed by atoms with Crippen LogP contribution in [-0.2, 0) is 55.8 Å². The van der Waals surface area contributed by atoms with Crippen molar-refractivity contribution < 1.29 is 75.8 Å². The van der Waals surface area contributed by atoms with Crippen LogP contribution in [0.15, 0.2) is 134 Å². The van der Waals surface area contributed by atoms with Crippen LogP contribution in [0.5, 0.6) is 0 Å². The van der Waals surface area contributed by atoms with E-state index in [1.807, 2.05) is 0 Å². The molecule has 0 saturated carbocycles. The molecule has 0 radical (unpaired) electrons. The number of rotatable bonds is 86. The topological polar surface area (TPSA) is 231 Å². The normalized spacial score (nSPS) is 14.4. The largest absolute Gasteiger partial charge is 0.472 e. The van der Waals surface area contributed by atoms with E-state index in [1.54, 1.807) is 0 Å². The Morgan fingerprint density at radius 3 is 0.770 bits per heavy atom. The Labute approximate surface area is 690 Å². The molecule has 16 nitrogen and oxygen atoms in total. The van der Waals surface area contributed by atoms with Crippen molar-refractivity contribution >= 4 is 33.6 Å². The molecule has 0 aliphatic heterocycles. The molecule has 113 heavy (non-hydrogen) atoms. The Kier molecular flexibility index (Phi) is 83.7. The van der Waals surface area contributed by atoms with Crippen molar-refractivity contribution in [2.45, 2.75) is 411 Å². The Morgan fingerprint density at radius 2 is 0.469 bits per heavy atom. The fourth-order valence-electron chi connectivity index (χ4n) is 12.4. The molecule has 0 aromatic rings. The number of allylic oxidation sites excluding steroid dienone is 22. The van der Waals surface area contributed by atoms with Crippen LogP contribution >= 0.6 is 15.6 Å². The SMILES string of the molecule is CC/C=C\C/C=C\C/C=C\C/C=C\C/C=C\C/C=C\CCCCCCCCCCCCCCCCC(=O)OCC(O)COP(=O)(O)OCC(O)COP(=O)(O)OCC(COC(=O)CCCCCCCCCCCCCCC/C=C\C/C=C\C/C=C\C/C=C\CCCCC)OC(=O)CCCCCCC/C=C\CCCCCCCC. The quantitative estimate of drug-likeness (QED) is 0.0146. The van der Waals surface area contributed by atoms with Gasteiger partial charge >= 0.3 is 33.6 Å². The Morgan fingerprint density at radius 1 is 0.257 bits per heavy atom. The number of aliphatic hydroxyl groups excluding tert-OH is 2. The maximum atomic E-state index is 13.0. The van der Waals surface area contributed by atoms with Crippen molar-refractivity contribution in [2.75, 3.05) is 39.6 Å². The molecule has 0 aromatic carbocycles. The highest BCUT2D eigenvalue weighted by atomic mass is 31.2. The van der Waals surface area contributed by atoms with Crippen LogP contribution in [-0.4, -0.2) is 95.9 Å². The average Bonchev–Trinajstić information content (AvgIpc) is 0.903. The number of aliphatic hydroxyl groups is 2. The monoisotopic (exact) mass is 1630 g/mol. The molecule has 0 bridgehead atoms. The summed E-state index contributed by atoms with van der Waals surface area (Å²) in [5, 5.41) is 20.7. The van der Waals surface area contributed by atoms with E-state index in [4.69, 9.17) is 32.3 Å². The number of phosphoric acid groups is 2. The van der Waals surface area contributed by atoms with E-state index in [0.717, 1.165) is 148 Å². The van der Waals surface area contributed by atoms with Crippen LogP contribution in [0.4, 0.5) is 0 Å². The molecule has 0 aliphatic carbocycles. The zero-order chi connectivity index (χ0) is 82.2. The minimum atomic E-state index is -4.94. The molecule has 0 amide bonds. The lowest BCUT2D eigenvalue weighted by Gasteiger charge is -2.21. The Balaban J connectivity index is 4.46.